The van der Waals surface area contributed by atoms with E-state index in [1.807, 2.05) is 7.05 Å². The van der Waals surface area contributed by atoms with Gasteiger partial charge in [-0.05, 0) is 31.9 Å². The fourth-order valence-corrected chi connectivity index (χ4v) is 2.08. The first-order chi connectivity index (χ1) is 7.66. The van der Waals surface area contributed by atoms with Gasteiger partial charge in [0.25, 0.3) is 0 Å². The summed E-state index contributed by atoms with van der Waals surface area (Å²) < 4.78 is 5.21. The molecule has 1 aliphatic rings. The second kappa shape index (κ2) is 4.70. The van der Waals surface area contributed by atoms with Gasteiger partial charge >= 0.3 is 5.97 Å². The molecule has 1 aliphatic carbocycles. The molecule has 2 rings (SSSR count). The summed E-state index contributed by atoms with van der Waals surface area (Å²) in [6.45, 7) is 1.60. The van der Waals surface area contributed by atoms with Gasteiger partial charge in [-0.25, -0.2) is 4.79 Å². The Balaban J connectivity index is 1.91. The van der Waals surface area contributed by atoms with E-state index in [0.29, 0.717) is 12.3 Å². The van der Waals surface area contributed by atoms with E-state index < -0.39 is 5.97 Å². The van der Waals surface area contributed by atoms with Crippen molar-refractivity contribution in [2.24, 2.45) is 5.92 Å². The SMILES string of the molecule is CN(Cc1occc1C(=O)O)CC1CCC1. The second-order valence-corrected chi connectivity index (χ2v) is 4.56. The third kappa shape index (κ3) is 2.44. The Kier molecular flexibility index (Phi) is 3.29. The van der Waals surface area contributed by atoms with Crippen LogP contribution in [0.25, 0.3) is 0 Å². The Morgan fingerprint density at radius 1 is 1.62 bits per heavy atom. The van der Waals surface area contributed by atoms with E-state index in [4.69, 9.17) is 9.52 Å². The van der Waals surface area contributed by atoms with Crippen molar-refractivity contribution in [2.75, 3.05) is 13.6 Å². The molecular weight excluding hydrogens is 206 g/mol. The van der Waals surface area contributed by atoms with Gasteiger partial charge in [-0.15, -0.1) is 0 Å². The maximum atomic E-state index is 10.9. The normalized spacial score (nSPS) is 16.4. The maximum absolute atomic E-state index is 10.9. The van der Waals surface area contributed by atoms with Gasteiger partial charge in [0.15, 0.2) is 0 Å². The molecule has 0 unspecified atom stereocenters. The van der Waals surface area contributed by atoms with Crippen LogP contribution in [0.1, 0.15) is 35.4 Å². The smallest absolute Gasteiger partial charge is 0.339 e. The van der Waals surface area contributed by atoms with E-state index >= 15 is 0 Å². The number of aromatic carboxylic acids is 1. The van der Waals surface area contributed by atoms with Crippen molar-refractivity contribution in [2.45, 2.75) is 25.8 Å². The molecule has 4 nitrogen and oxygen atoms in total. The molecule has 1 heterocycles. The zero-order valence-corrected chi connectivity index (χ0v) is 9.48. The van der Waals surface area contributed by atoms with Crippen LogP contribution >= 0.6 is 0 Å². The van der Waals surface area contributed by atoms with Gasteiger partial charge in [0.05, 0.1) is 12.8 Å². The predicted molar refractivity (Wildman–Crippen MR) is 59.3 cm³/mol. The molecule has 0 atom stereocenters. The molecule has 1 aromatic heterocycles. The van der Waals surface area contributed by atoms with Crippen molar-refractivity contribution in [3.8, 4) is 0 Å². The summed E-state index contributed by atoms with van der Waals surface area (Å²) in [6.07, 6.45) is 5.37. The first-order valence-electron chi connectivity index (χ1n) is 5.65. The Morgan fingerprint density at radius 2 is 2.38 bits per heavy atom. The predicted octanol–water partition coefficient (Wildman–Crippen LogP) is 2.21. The zero-order chi connectivity index (χ0) is 11.5. The quantitative estimate of drug-likeness (QED) is 0.831. The molecule has 0 bridgehead atoms. The molecule has 1 saturated carbocycles. The molecule has 1 fully saturated rings. The highest BCUT2D eigenvalue weighted by Gasteiger charge is 2.21. The second-order valence-electron chi connectivity index (χ2n) is 4.56. The number of hydrogen-bond acceptors (Lipinski definition) is 3. The molecular formula is C12H17NO3. The third-order valence-electron chi connectivity index (χ3n) is 3.18. The highest BCUT2D eigenvalue weighted by molar-refractivity contribution is 5.88. The maximum Gasteiger partial charge on any atom is 0.339 e. The van der Waals surface area contributed by atoms with E-state index in [2.05, 4.69) is 4.90 Å². The first kappa shape index (κ1) is 11.2. The molecule has 0 amide bonds. The van der Waals surface area contributed by atoms with E-state index in [-0.39, 0.29) is 5.56 Å². The van der Waals surface area contributed by atoms with Crippen LogP contribution in [0.5, 0.6) is 0 Å². The Labute approximate surface area is 94.9 Å². The number of carbonyl (C=O) groups is 1. The highest BCUT2D eigenvalue weighted by atomic mass is 16.4. The summed E-state index contributed by atoms with van der Waals surface area (Å²) >= 11 is 0. The average Bonchev–Trinajstić information content (AvgIpc) is 2.59. The van der Waals surface area contributed by atoms with Gasteiger partial charge in [0, 0.05) is 6.54 Å². The van der Waals surface area contributed by atoms with E-state index in [0.717, 1.165) is 12.5 Å². The van der Waals surface area contributed by atoms with Gasteiger partial charge < -0.3 is 9.52 Å². The largest absolute Gasteiger partial charge is 0.478 e. The third-order valence-corrected chi connectivity index (χ3v) is 3.18. The van der Waals surface area contributed by atoms with Gasteiger partial charge in [0.2, 0.25) is 0 Å². The summed E-state index contributed by atoms with van der Waals surface area (Å²) in [5.41, 5.74) is 0.278. The minimum absolute atomic E-state index is 0.278. The van der Waals surface area contributed by atoms with Gasteiger partial charge in [-0.3, -0.25) is 4.90 Å². The topological polar surface area (TPSA) is 53.7 Å². The lowest BCUT2D eigenvalue weighted by Crippen LogP contribution is -2.29. The Bertz CT molecular complexity index is 368. The van der Waals surface area contributed by atoms with Crippen LogP contribution < -0.4 is 0 Å². The van der Waals surface area contributed by atoms with Crippen molar-refractivity contribution in [1.29, 1.82) is 0 Å². The molecule has 0 spiro atoms. The number of carboxylic acids is 1. The lowest BCUT2D eigenvalue weighted by atomic mass is 9.85. The van der Waals surface area contributed by atoms with E-state index in [9.17, 15) is 4.79 Å². The summed E-state index contributed by atoms with van der Waals surface area (Å²) in [7, 11) is 2.01. The molecule has 88 valence electrons. The van der Waals surface area contributed by atoms with E-state index in [1.165, 1.54) is 31.6 Å². The van der Waals surface area contributed by atoms with Crippen LogP contribution in [-0.2, 0) is 6.54 Å². The molecule has 1 aromatic rings. The number of hydrogen-bond donors (Lipinski definition) is 1. The Hall–Kier alpha value is -1.29. The standard InChI is InChI=1S/C12H17NO3/c1-13(7-9-3-2-4-9)8-11-10(12(14)15)5-6-16-11/h5-6,9H,2-4,7-8H2,1H3,(H,14,15). The molecule has 16 heavy (non-hydrogen) atoms. The van der Waals surface area contributed by atoms with Crippen LogP contribution in [0.15, 0.2) is 16.7 Å². The fourth-order valence-electron chi connectivity index (χ4n) is 2.08. The number of furan rings is 1. The van der Waals surface area contributed by atoms with Crippen molar-refractivity contribution < 1.29 is 14.3 Å². The highest BCUT2D eigenvalue weighted by Crippen LogP contribution is 2.27. The molecule has 0 radical (unpaired) electrons. The first-order valence-corrected chi connectivity index (χ1v) is 5.65. The minimum atomic E-state index is -0.916. The monoisotopic (exact) mass is 223 g/mol. The minimum Gasteiger partial charge on any atom is -0.478 e. The number of carboxylic acid groups (broad SMARTS) is 1. The van der Waals surface area contributed by atoms with Gasteiger partial charge in [0.1, 0.15) is 11.3 Å². The van der Waals surface area contributed by atoms with Crippen LogP contribution in [0.3, 0.4) is 0 Å². The molecule has 0 saturated heterocycles. The molecule has 4 heteroatoms. The Morgan fingerprint density at radius 3 is 2.94 bits per heavy atom. The summed E-state index contributed by atoms with van der Waals surface area (Å²) in [4.78, 5) is 13.0. The zero-order valence-electron chi connectivity index (χ0n) is 9.48. The van der Waals surface area contributed by atoms with Crippen molar-refractivity contribution in [1.82, 2.24) is 4.90 Å². The van der Waals surface area contributed by atoms with Crippen LogP contribution in [0, 0.1) is 5.92 Å². The molecule has 0 aliphatic heterocycles. The van der Waals surface area contributed by atoms with Crippen molar-refractivity contribution in [3.05, 3.63) is 23.7 Å². The van der Waals surface area contributed by atoms with E-state index in [1.54, 1.807) is 0 Å². The van der Waals surface area contributed by atoms with Crippen molar-refractivity contribution >= 4 is 5.97 Å². The van der Waals surface area contributed by atoms with Crippen LogP contribution in [0.4, 0.5) is 0 Å². The van der Waals surface area contributed by atoms with Crippen LogP contribution in [0.2, 0.25) is 0 Å². The average molecular weight is 223 g/mol. The lowest BCUT2D eigenvalue weighted by molar-refractivity contribution is 0.0692. The number of rotatable bonds is 5. The summed E-state index contributed by atoms with van der Waals surface area (Å²) in [5.74, 6) is 0.420. The van der Waals surface area contributed by atoms with Crippen molar-refractivity contribution in [3.63, 3.8) is 0 Å². The number of nitrogens with zero attached hydrogens (tertiary/aromatic N) is 1. The van der Waals surface area contributed by atoms with Crippen LogP contribution in [-0.4, -0.2) is 29.6 Å². The fraction of sp³-hybridized carbons (Fsp3) is 0.583. The molecule has 1 N–H and O–H groups in total. The molecule has 0 aromatic carbocycles. The van der Waals surface area contributed by atoms with Gasteiger partial charge in [-0.1, -0.05) is 6.42 Å². The summed E-state index contributed by atoms with van der Waals surface area (Å²) in [6, 6.07) is 1.51. The van der Waals surface area contributed by atoms with Gasteiger partial charge in [-0.2, -0.15) is 0 Å². The lowest BCUT2D eigenvalue weighted by Gasteiger charge is -2.29. The summed E-state index contributed by atoms with van der Waals surface area (Å²) in [5, 5.41) is 8.93.